The van der Waals surface area contributed by atoms with Crippen LogP contribution in [0.4, 0.5) is 0 Å². The van der Waals surface area contributed by atoms with E-state index in [-0.39, 0.29) is 5.75 Å². The molecule has 2 nitrogen and oxygen atoms in total. The van der Waals surface area contributed by atoms with Crippen LogP contribution in [0.2, 0.25) is 0 Å². The van der Waals surface area contributed by atoms with E-state index in [0.717, 1.165) is 10.0 Å². The van der Waals surface area contributed by atoms with Crippen molar-refractivity contribution in [3.8, 4) is 11.5 Å². The molecule has 0 aliphatic rings. The van der Waals surface area contributed by atoms with E-state index < -0.39 is 0 Å². The van der Waals surface area contributed by atoms with E-state index in [1.807, 2.05) is 6.07 Å². The third-order valence-corrected chi connectivity index (χ3v) is 4.01. The number of aromatic hydroxyl groups is 1. The summed E-state index contributed by atoms with van der Waals surface area (Å²) in [5.74, 6) is 0.679. The van der Waals surface area contributed by atoms with Gasteiger partial charge in [0.15, 0.2) is 11.5 Å². The van der Waals surface area contributed by atoms with Crippen LogP contribution in [-0.2, 0) is 6.61 Å². The first-order chi connectivity index (χ1) is 8.58. The minimum Gasteiger partial charge on any atom is -0.504 e. The zero-order valence-corrected chi connectivity index (χ0v) is 12.0. The minimum absolute atomic E-state index is 0.169. The fourth-order valence-corrected chi connectivity index (χ4v) is 2.09. The molecule has 0 heterocycles. The lowest BCUT2D eigenvalue weighted by molar-refractivity contribution is 0.289. The molecule has 2 aromatic carbocycles. The van der Waals surface area contributed by atoms with Crippen LogP contribution in [-0.4, -0.2) is 5.11 Å². The third kappa shape index (κ3) is 2.85. The molecular weight excluding hydrogens is 292 g/mol. The summed E-state index contributed by atoms with van der Waals surface area (Å²) < 4.78 is 6.74. The number of halogens is 1. The van der Waals surface area contributed by atoms with Gasteiger partial charge in [0.2, 0.25) is 0 Å². The molecule has 0 bridgehead atoms. The molecule has 2 aromatic rings. The largest absolute Gasteiger partial charge is 0.504 e. The molecule has 0 fully saturated rings. The Balaban J connectivity index is 2.14. The van der Waals surface area contributed by atoms with Gasteiger partial charge in [0.05, 0.1) is 0 Å². The quantitative estimate of drug-likeness (QED) is 0.913. The summed E-state index contributed by atoms with van der Waals surface area (Å²) in [7, 11) is 0. The molecule has 0 aromatic heterocycles. The van der Waals surface area contributed by atoms with Gasteiger partial charge in [0.1, 0.15) is 6.61 Å². The average Bonchev–Trinajstić information content (AvgIpc) is 2.35. The van der Waals surface area contributed by atoms with Crippen molar-refractivity contribution in [1.29, 1.82) is 0 Å². The second-order valence-corrected chi connectivity index (χ2v) is 5.09. The molecule has 0 spiro atoms. The van der Waals surface area contributed by atoms with Crippen molar-refractivity contribution < 1.29 is 9.84 Å². The van der Waals surface area contributed by atoms with Crippen molar-refractivity contribution in [1.82, 2.24) is 0 Å². The SMILES string of the molecule is Cc1cc(COc2ccccc2O)cc(C)c1Br. The van der Waals surface area contributed by atoms with Crippen molar-refractivity contribution in [2.24, 2.45) is 0 Å². The lowest BCUT2D eigenvalue weighted by Crippen LogP contribution is -1.97. The first-order valence-electron chi connectivity index (χ1n) is 5.74. The van der Waals surface area contributed by atoms with Crippen LogP contribution >= 0.6 is 15.9 Å². The van der Waals surface area contributed by atoms with Gasteiger partial charge in [0, 0.05) is 4.47 Å². The zero-order chi connectivity index (χ0) is 13.1. The van der Waals surface area contributed by atoms with Gasteiger partial charge in [-0.1, -0.05) is 40.2 Å². The van der Waals surface area contributed by atoms with Crippen molar-refractivity contribution in [3.05, 3.63) is 57.6 Å². The molecule has 0 saturated carbocycles. The Labute approximate surface area is 115 Å². The van der Waals surface area contributed by atoms with E-state index in [1.165, 1.54) is 11.1 Å². The Morgan fingerprint density at radius 1 is 1.11 bits per heavy atom. The van der Waals surface area contributed by atoms with Crippen LogP contribution in [0, 0.1) is 13.8 Å². The molecule has 0 amide bonds. The molecule has 0 aliphatic carbocycles. The monoisotopic (exact) mass is 306 g/mol. The van der Waals surface area contributed by atoms with Gasteiger partial charge in [0.25, 0.3) is 0 Å². The van der Waals surface area contributed by atoms with Crippen molar-refractivity contribution in [3.63, 3.8) is 0 Å². The van der Waals surface area contributed by atoms with Crippen LogP contribution in [0.3, 0.4) is 0 Å². The second-order valence-electron chi connectivity index (χ2n) is 4.30. The van der Waals surface area contributed by atoms with Gasteiger partial charge in [-0.05, 0) is 42.7 Å². The first-order valence-corrected chi connectivity index (χ1v) is 6.53. The van der Waals surface area contributed by atoms with Gasteiger partial charge in [-0.2, -0.15) is 0 Å². The molecule has 0 aliphatic heterocycles. The molecule has 0 saturated heterocycles. The lowest BCUT2D eigenvalue weighted by Gasteiger charge is -2.10. The number of rotatable bonds is 3. The fraction of sp³-hybridized carbons (Fsp3) is 0.200. The maximum absolute atomic E-state index is 9.61. The van der Waals surface area contributed by atoms with Crippen molar-refractivity contribution >= 4 is 15.9 Å². The molecule has 3 heteroatoms. The highest BCUT2D eigenvalue weighted by Crippen LogP contribution is 2.27. The van der Waals surface area contributed by atoms with Gasteiger partial charge < -0.3 is 9.84 Å². The molecule has 0 unspecified atom stereocenters. The van der Waals surface area contributed by atoms with E-state index in [9.17, 15) is 5.11 Å². The Bertz CT molecular complexity index is 541. The smallest absolute Gasteiger partial charge is 0.161 e. The maximum atomic E-state index is 9.61. The van der Waals surface area contributed by atoms with Gasteiger partial charge in [-0.15, -0.1) is 0 Å². The summed E-state index contributed by atoms with van der Waals surface area (Å²) in [6, 6.07) is 11.2. The van der Waals surface area contributed by atoms with Crippen molar-refractivity contribution in [2.45, 2.75) is 20.5 Å². The number of aryl methyl sites for hydroxylation is 2. The van der Waals surface area contributed by atoms with Gasteiger partial charge >= 0.3 is 0 Å². The highest BCUT2D eigenvalue weighted by Gasteiger charge is 2.05. The fourth-order valence-electron chi connectivity index (χ4n) is 1.86. The maximum Gasteiger partial charge on any atom is 0.161 e. The summed E-state index contributed by atoms with van der Waals surface area (Å²) in [6.07, 6.45) is 0. The highest BCUT2D eigenvalue weighted by atomic mass is 79.9. The Morgan fingerprint density at radius 3 is 2.33 bits per heavy atom. The molecule has 18 heavy (non-hydrogen) atoms. The normalized spacial score (nSPS) is 10.4. The predicted octanol–water partition coefficient (Wildman–Crippen LogP) is 4.35. The minimum atomic E-state index is 0.169. The van der Waals surface area contributed by atoms with Crippen LogP contribution in [0.5, 0.6) is 11.5 Å². The molecule has 2 rings (SSSR count). The van der Waals surface area contributed by atoms with E-state index in [2.05, 4.69) is 41.9 Å². The molecule has 1 N–H and O–H groups in total. The predicted molar refractivity (Wildman–Crippen MR) is 76.1 cm³/mol. The number of hydrogen-bond donors (Lipinski definition) is 1. The molecule has 94 valence electrons. The van der Waals surface area contributed by atoms with E-state index >= 15 is 0 Å². The molecular formula is C15H15BrO2. The number of hydrogen-bond acceptors (Lipinski definition) is 2. The summed E-state index contributed by atoms with van der Waals surface area (Å²) >= 11 is 3.54. The standard InChI is InChI=1S/C15H15BrO2/c1-10-7-12(8-11(2)15(10)16)9-18-14-6-4-3-5-13(14)17/h3-8,17H,9H2,1-2H3. The van der Waals surface area contributed by atoms with Crippen LogP contribution in [0.1, 0.15) is 16.7 Å². The first kappa shape index (κ1) is 13.0. The Hall–Kier alpha value is -1.48. The highest BCUT2D eigenvalue weighted by molar-refractivity contribution is 9.10. The Morgan fingerprint density at radius 2 is 1.72 bits per heavy atom. The second kappa shape index (κ2) is 5.44. The van der Waals surface area contributed by atoms with E-state index in [4.69, 9.17) is 4.74 Å². The molecule has 0 atom stereocenters. The number of para-hydroxylation sites is 2. The van der Waals surface area contributed by atoms with Crippen LogP contribution in [0.15, 0.2) is 40.9 Å². The van der Waals surface area contributed by atoms with E-state index in [1.54, 1.807) is 18.2 Å². The summed E-state index contributed by atoms with van der Waals surface area (Å²) in [6.45, 7) is 4.56. The van der Waals surface area contributed by atoms with E-state index in [0.29, 0.717) is 12.4 Å². The topological polar surface area (TPSA) is 29.5 Å². The molecule has 0 radical (unpaired) electrons. The number of phenolic OH excluding ortho intramolecular Hbond substituents is 1. The van der Waals surface area contributed by atoms with Gasteiger partial charge in [-0.25, -0.2) is 0 Å². The van der Waals surface area contributed by atoms with Crippen LogP contribution < -0.4 is 4.74 Å². The summed E-state index contributed by atoms with van der Waals surface area (Å²) in [4.78, 5) is 0. The summed E-state index contributed by atoms with van der Waals surface area (Å²) in [5, 5.41) is 9.61. The Kier molecular flexibility index (Phi) is 3.92. The number of phenols is 1. The zero-order valence-electron chi connectivity index (χ0n) is 10.4. The number of ether oxygens (including phenoxy) is 1. The summed E-state index contributed by atoms with van der Waals surface area (Å²) in [5.41, 5.74) is 3.47. The van der Waals surface area contributed by atoms with Crippen molar-refractivity contribution in [2.75, 3.05) is 0 Å². The number of benzene rings is 2. The lowest BCUT2D eigenvalue weighted by atomic mass is 10.1. The van der Waals surface area contributed by atoms with Gasteiger partial charge in [-0.3, -0.25) is 0 Å². The average molecular weight is 307 g/mol. The van der Waals surface area contributed by atoms with Crippen LogP contribution in [0.25, 0.3) is 0 Å². The third-order valence-electron chi connectivity index (χ3n) is 2.76.